The fourth-order valence-corrected chi connectivity index (χ4v) is 2.83. The molecule has 1 aliphatic carbocycles. The van der Waals surface area contributed by atoms with Gasteiger partial charge in [-0.1, -0.05) is 12.8 Å². The molecule has 1 aromatic rings. The van der Waals surface area contributed by atoms with Gasteiger partial charge in [-0.25, -0.2) is 0 Å². The van der Waals surface area contributed by atoms with Crippen LogP contribution in [0.5, 0.6) is 0 Å². The molecule has 1 fully saturated rings. The van der Waals surface area contributed by atoms with Gasteiger partial charge in [0.1, 0.15) is 5.76 Å². The first kappa shape index (κ1) is 11.7. The number of furan rings is 1. The van der Waals surface area contributed by atoms with Crippen LogP contribution in [0.25, 0.3) is 0 Å². The molecule has 90 valence electrons. The molecule has 1 unspecified atom stereocenters. The second-order valence-corrected chi connectivity index (χ2v) is 5.18. The molecule has 16 heavy (non-hydrogen) atoms. The minimum absolute atomic E-state index is 0.502. The third kappa shape index (κ3) is 3.11. The van der Waals surface area contributed by atoms with E-state index in [4.69, 9.17) is 4.42 Å². The highest BCUT2D eigenvalue weighted by Crippen LogP contribution is 2.27. The first-order valence-corrected chi connectivity index (χ1v) is 6.54. The van der Waals surface area contributed by atoms with Crippen molar-refractivity contribution in [3.05, 3.63) is 24.2 Å². The zero-order valence-corrected chi connectivity index (χ0v) is 10.4. The predicted octanol–water partition coefficient (Wildman–Crippen LogP) is 3.38. The van der Waals surface area contributed by atoms with Crippen molar-refractivity contribution in [3.8, 4) is 0 Å². The standard InChI is InChI=1S/C14H23NO/c1-11(10-14-8-5-9-16-14)15-12(2)13-6-3-4-7-13/h5,8-9,11-13,15H,3-4,6-7,10H2,1-2H3/t11?,12-/m0/s1. The van der Waals surface area contributed by atoms with Gasteiger partial charge in [0.25, 0.3) is 0 Å². The van der Waals surface area contributed by atoms with E-state index in [9.17, 15) is 0 Å². The zero-order valence-electron chi connectivity index (χ0n) is 10.4. The quantitative estimate of drug-likeness (QED) is 0.824. The number of hydrogen-bond acceptors (Lipinski definition) is 2. The monoisotopic (exact) mass is 221 g/mol. The van der Waals surface area contributed by atoms with E-state index in [1.807, 2.05) is 6.07 Å². The Labute approximate surface area is 98.4 Å². The van der Waals surface area contributed by atoms with E-state index in [-0.39, 0.29) is 0 Å². The Kier molecular flexibility index (Phi) is 4.05. The van der Waals surface area contributed by atoms with Gasteiger partial charge < -0.3 is 9.73 Å². The summed E-state index contributed by atoms with van der Waals surface area (Å²) in [4.78, 5) is 0. The zero-order chi connectivity index (χ0) is 11.4. The average molecular weight is 221 g/mol. The molecule has 0 radical (unpaired) electrons. The van der Waals surface area contributed by atoms with E-state index >= 15 is 0 Å². The molecule has 0 aliphatic heterocycles. The van der Waals surface area contributed by atoms with Gasteiger partial charge >= 0.3 is 0 Å². The second kappa shape index (κ2) is 5.53. The Morgan fingerprint density at radius 2 is 2.12 bits per heavy atom. The first-order chi connectivity index (χ1) is 7.75. The predicted molar refractivity (Wildman–Crippen MR) is 66.4 cm³/mol. The molecule has 0 saturated heterocycles. The molecule has 0 bridgehead atoms. The van der Waals surface area contributed by atoms with Crippen LogP contribution in [-0.2, 0) is 6.42 Å². The van der Waals surface area contributed by atoms with Crippen molar-refractivity contribution in [2.75, 3.05) is 0 Å². The van der Waals surface area contributed by atoms with Crippen LogP contribution in [0.3, 0.4) is 0 Å². The highest BCUT2D eigenvalue weighted by molar-refractivity contribution is 5.00. The molecule has 2 heteroatoms. The lowest BCUT2D eigenvalue weighted by atomic mass is 9.98. The molecule has 1 N–H and O–H groups in total. The maximum Gasteiger partial charge on any atom is 0.105 e. The summed E-state index contributed by atoms with van der Waals surface area (Å²) in [6.07, 6.45) is 8.39. The molecule has 2 nitrogen and oxygen atoms in total. The minimum Gasteiger partial charge on any atom is -0.469 e. The molecule has 1 aromatic heterocycles. The molecule has 1 heterocycles. The van der Waals surface area contributed by atoms with E-state index in [1.165, 1.54) is 25.7 Å². The largest absolute Gasteiger partial charge is 0.469 e. The van der Waals surface area contributed by atoms with Crippen LogP contribution in [0.1, 0.15) is 45.3 Å². The van der Waals surface area contributed by atoms with Crippen LogP contribution in [0.4, 0.5) is 0 Å². The van der Waals surface area contributed by atoms with E-state index in [0.717, 1.165) is 18.1 Å². The highest BCUT2D eigenvalue weighted by atomic mass is 16.3. The van der Waals surface area contributed by atoms with E-state index in [2.05, 4.69) is 25.2 Å². The summed E-state index contributed by atoms with van der Waals surface area (Å²) in [5, 5.41) is 3.70. The Morgan fingerprint density at radius 1 is 1.38 bits per heavy atom. The van der Waals surface area contributed by atoms with Crippen LogP contribution in [0.15, 0.2) is 22.8 Å². The van der Waals surface area contributed by atoms with Gasteiger partial charge in [-0.05, 0) is 44.7 Å². The van der Waals surface area contributed by atoms with Crippen molar-refractivity contribution in [1.29, 1.82) is 0 Å². The van der Waals surface area contributed by atoms with Crippen molar-refractivity contribution < 1.29 is 4.42 Å². The minimum atomic E-state index is 0.502. The molecule has 0 aromatic carbocycles. The lowest BCUT2D eigenvalue weighted by Gasteiger charge is -2.24. The van der Waals surface area contributed by atoms with Gasteiger partial charge in [-0.2, -0.15) is 0 Å². The normalized spacial score (nSPS) is 21.1. The second-order valence-electron chi connectivity index (χ2n) is 5.18. The molecular weight excluding hydrogens is 198 g/mol. The van der Waals surface area contributed by atoms with Crippen LogP contribution >= 0.6 is 0 Å². The lowest BCUT2D eigenvalue weighted by molar-refractivity contribution is 0.339. The van der Waals surface area contributed by atoms with E-state index in [1.54, 1.807) is 6.26 Å². The average Bonchev–Trinajstić information content (AvgIpc) is 2.88. The van der Waals surface area contributed by atoms with Crippen molar-refractivity contribution >= 4 is 0 Å². The summed E-state index contributed by atoms with van der Waals surface area (Å²) in [5.74, 6) is 1.97. The van der Waals surface area contributed by atoms with Gasteiger partial charge in [-0.15, -0.1) is 0 Å². The van der Waals surface area contributed by atoms with Crippen LogP contribution in [-0.4, -0.2) is 12.1 Å². The molecule has 1 saturated carbocycles. The van der Waals surface area contributed by atoms with Gasteiger partial charge in [0.15, 0.2) is 0 Å². The van der Waals surface area contributed by atoms with Crippen molar-refractivity contribution in [1.82, 2.24) is 5.32 Å². The molecule has 0 amide bonds. The highest BCUT2D eigenvalue weighted by Gasteiger charge is 2.22. The van der Waals surface area contributed by atoms with Gasteiger partial charge in [0.05, 0.1) is 6.26 Å². The van der Waals surface area contributed by atoms with Crippen LogP contribution in [0, 0.1) is 5.92 Å². The summed E-state index contributed by atoms with van der Waals surface area (Å²) in [6.45, 7) is 4.57. The Balaban J connectivity index is 1.75. The number of nitrogens with one attached hydrogen (secondary N) is 1. The van der Waals surface area contributed by atoms with Crippen molar-refractivity contribution in [2.24, 2.45) is 5.92 Å². The molecule has 1 aliphatic rings. The summed E-state index contributed by atoms with van der Waals surface area (Å²) in [6, 6.07) is 5.16. The third-order valence-corrected chi connectivity index (χ3v) is 3.74. The smallest absolute Gasteiger partial charge is 0.105 e. The van der Waals surface area contributed by atoms with Crippen LogP contribution < -0.4 is 5.32 Å². The first-order valence-electron chi connectivity index (χ1n) is 6.54. The summed E-state index contributed by atoms with van der Waals surface area (Å²) in [5.41, 5.74) is 0. The van der Waals surface area contributed by atoms with Crippen LogP contribution in [0.2, 0.25) is 0 Å². The number of rotatable bonds is 5. The number of hydrogen-bond donors (Lipinski definition) is 1. The Bertz CT molecular complexity index is 288. The Morgan fingerprint density at radius 3 is 2.75 bits per heavy atom. The van der Waals surface area contributed by atoms with Gasteiger partial charge in [0, 0.05) is 18.5 Å². The molecule has 0 spiro atoms. The van der Waals surface area contributed by atoms with Gasteiger partial charge in [0.2, 0.25) is 0 Å². The lowest BCUT2D eigenvalue weighted by Crippen LogP contribution is -2.39. The summed E-state index contributed by atoms with van der Waals surface area (Å²) >= 11 is 0. The summed E-state index contributed by atoms with van der Waals surface area (Å²) < 4.78 is 5.37. The van der Waals surface area contributed by atoms with E-state index < -0.39 is 0 Å². The fourth-order valence-electron chi connectivity index (χ4n) is 2.83. The summed E-state index contributed by atoms with van der Waals surface area (Å²) in [7, 11) is 0. The maximum absolute atomic E-state index is 5.37. The Hall–Kier alpha value is -0.760. The molecule has 2 atom stereocenters. The molecule has 2 rings (SSSR count). The van der Waals surface area contributed by atoms with Crippen molar-refractivity contribution in [3.63, 3.8) is 0 Å². The maximum atomic E-state index is 5.37. The molecular formula is C14H23NO. The fraction of sp³-hybridized carbons (Fsp3) is 0.714. The SMILES string of the molecule is CC(Cc1ccco1)N[C@@H](C)C1CCCC1. The van der Waals surface area contributed by atoms with Gasteiger partial charge in [-0.3, -0.25) is 0 Å². The third-order valence-electron chi connectivity index (χ3n) is 3.74. The topological polar surface area (TPSA) is 25.2 Å². The van der Waals surface area contributed by atoms with E-state index in [0.29, 0.717) is 12.1 Å². The van der Waals surface area contributed by atoms with Crippen molar-refractivity contribution in [2.45, 2.75) is 58.0 Å².